The number of carbonyl (C=O) groups is 4. The Balaban J connectivity index is 1.46. The Labute approximate surface area is 238 Å². The molecule has 0 radical (unpaired) electrons. The zero-order valence-electron chi connectivity index (χ0n) is 23.3. The number of hydrogen-bond donors (Lipinski definition) is 1. The molecule has 8 nitrogen and oxygen atoms in total. The van der Waals surface area contributed by atoms with E-state index >= 15 is 0 Å². The first-order valence-electron chi connectivity index (χ1n) is 13.9. The zero-order chi connectivity index (χ0) is 28.9. The van der Waals surface area contributed by atoms with Gasteiger partial charge in [0.15, 0.2) is 0 Å². The molecule has 0 saturated carbocycles. The monoisotopic (exact) mass is 551 g/mol. The van der Waals surface area contributed by atoms with Crippen molar-refractivity contribution in [2.45, 2.75) is 45.7 Å². The quantitative estimate of drug-likeness (QED) is 0.177. The van der Waals surface area contributed by atoms with E-state index in [1.54, 1.807) is 34.6 Å². The number of Topliss-reactive ketones (excluding diaryl/α,β-unsaturated/α-hetero) is 1. The molecule has 5 rings (SSSR count). The van der Waals surface area contributed by atoms with Crippen LogP contribution in [0.5, 0.6) is 0 Å². The number of carbonyl (C=O) groups excluding carboxylic acids is 4. The number of aromatic nitrogens is 1. The Morgan fingerprint density at radius 3 is 2.39 bits per heavy atom. The van der Waals surface area contributed by atoms with Crippen LogP contribution in [0.4, 0.5) is 5.69 Å². The van der Waals surface area contributed by atoms with Gasteiger partial charge in [0.05, 0.1) is 18.1 Å². The number of amides is 2. The highest BCUT2D eigenvalue weighted by molar-refractivity contribution is 6.45. The Hall–Kier alpha value is -4.72. The minimum absolute atomic E-state index is 0.111. The SMILES string of the molecule is CCOC(=O)Cn1cc(C(=O)C(=O)N2CCc3ccccc3C2)c2cc(NC(=O)[C@@H](CC)c3ccccc3)ccc21. The number of fused-ring (bicyclic) bond motifs is 2. The Kier molecular flexibility index (Phi) is 8.29. The third-order valence-corrected chi connectivity index (χ3v) is 7.54. The third kappa shape index (κ3) is 5.91. The smallest absolute Gasteiger partial charge is 0.325 e. The second-order valence-electron chi connectivity index (χ2n) is 10.1. The van der Waals surface area contributed by atoms with Gasteiger partial charge in [0.25, 0.3) is 11.7 Å². The van der Waals surface area contributed by atoms with Crippen LogP contribution in [0.15, 0.2) is 79.0 Å². The van der Waals surface area contributed by atoms with Gasteiger partial charge in [-0.3, -0.25) is 19.2 Å². The predicted molar refractivity (Wildman–Crippen MR) is 157 cm³/mol. The van der Waals surface area contributed by atoms with Crippen LogP contribution in [0.2, 0.25) is 0 Å². The average Bonchev–Trinajstić information content (AvgIpc) is 3.34. The number of nitrogens with zero attached hydrogens (tertiary/aromatic N) is 2. The van der Waals surface area contributed by atoms with Crippen LogP contribution in [-0.2, 0) is 38.6 Å². The van der Waals surface area contributed by atoms with E-state index in [-0.39, 0.29) is 30.5 Å². The molecule has 2 amide bonds. The summed E-state index contributed by atoms with van der Waals surface area (Å²) in [4.78, 5) is 54.2. The highest BCUT2D eigenvalue weighted by Gasteiger charge is 2.29. The number of rotatable bonds is 9. The Bertz CT molecular complexity index is 1610. The fourth-order valence-corrected chi connectivity index (χ4v) is 5.45. The largest absolute Gasteiger partial charge is 0.465 e. The standard InChI is InChI=1S/C33H33N3O5/c1-3-26(23-11-6-5-7-12-23)32(39)34-25-14-15-29-27(18-25)28(20-36(29)21-30(37)41-4-2)31(38)33(40)35-17-16-22-10-8-9-13-24(22)19-35/h5-15,18,20,26H,3-4,16-17,19,21H2,1-2H3,(H,34,39)/t26-/m0/s1. The van der Waals surface area contributed by atoms with E-state index in [2.05, 4.69) is 5.32 Å². The Morgan fingerprint density at radius 1 is 0.927 bits per heavy atom. The summed E-state index contributed by atoms with van der Waals surface area (Å²) in [7, 11) is 0. The van der Waals surface area contributed by atoms with Gasteiger partial charge in [0.1, 0.15) is 6.54 Å². The van der Waals surface area contributed by atoms with E-state index in [1.165, 1.54) is 11.8 Å². The second kappa shape index (κ2) is 12.2. The fourth-order valence-electron chi connectivity index (χ4n) is 5.45. The molecule has 0 fully saturated rings. The van der Waals surface area contributed by atoms with Gasteiger partial charge >= 0.3 is 5.97 Å². The molecular formula is C33H33N3O5. The Morgan fingerprint density at radius 2 is 1.66 bits per heavy atom. The molecule has 2 heterocycles. The lowest BCUT2D eigenvalue weighted by molar-refractivity contribution is -0.143. The van der Waals surface area contributed by atoms with Crippen molar-refractivity contribution in [1.82, 2.24) is 9.47 Å². The summed E-state index contributed by atoms with van der Waals surface area (Å²) in [5.41, 5.74) is 4.39. The van der Waals surface area contributed by atoms with Crippen LogP contribution in [0.1, 0.15) is 53.2 Å². The van der Waals surface area contributed by atoms with Crippen molar-refractivity contribution in [3.63, 3.8) is 0 Å². The maximum atomic E-state index is 13.7. The van der Waals surface area contributed by atoms with Gasteiger partial charge in [-0.2, -0.15) is 0 Å². The predicted octanol–water partition coefficient (Wildman–Crippen LogP) is 5.10. The summed E-state index contributed by atoms with van der Waals surface area (Å²) in [5, 5.41) is 3.46. The van der Waals surface area contributed by atoms with E-state index in [4.69, 9.17) is 4.74 Å². The first kappa shape index (κ1) is 27.8. The molecule has 0 spiro atoms. The van der Waals surface area contributed by atoms with Crippen molar-refractivity contribution in [3.05, 3.63) is 101 Å². The number of anilines is 1. The molecule has 1 aliphatic rings. The zero-order valence-corrected chi connectivity index (χ0v) is 23.3. The summed E-state index contributed by atoms with van der Waals surface area (Å²) in [6.07, 6.45) is 2.82. The maximum absolute atomic E-state index is 13.7. The molecule has 0 unspecified atom stereocenters. The van der Waals surface area contributed by atoms with E-state index in [1.807, 2.05) is 61.5 Å². The van der Waals surface area contributed by atoms with Gasteiger partial charge in [0, 0.05) is 35.9 Å². The minimum Gasteiger partial charge on any atom is -0.465 e. The molecule has 1 aliphatic heterocycles. The molecule has 3 aromatic carbocycles. The first-order valence-corrected chi connectivity index (χ1v) is 13.9. The van der Waals surface area contributed by atoms with Crippen LogP contribution < -0.4 is 5.32 Å². The molecule has 41 heavy (non-hydrogen) atoms. The van der Waals surface area contributed by atoms with Crippen LogP contribution in [0.3, 0.4) is 0 Å². The van der Waals surface area contributed by atoms with Crippen LogP contribution in [-0.4, -0.2) is 46.2 Å². The molecule has 8 heteroatoms. The van der Waals surface area contributed by atoms with Crippen LogP contribution >= 0.6 is 0 Å². The normalized spacial score (nSPS) is 13.4. The van der Waals surface area contributed by atoms with Gasteiger partial charge in [-0.05, 0) is 54.7 Å². The molecule has 1 N–H and O–H groups in total. The van der Waals surface area contributed by atoms with Crippen molar-refractivity contribution in [2.75, 3.05) is 18.5 Å². The molecule has 0 saturated heterocycles. The molecule has 4 aromatic rings. The number of ether oxygens (including phenoxy) is 1. The van der Waals surface area contributed by atoms with Crippen LogP contribution in [0, 0.1) is 0 Å². The second-order valence-corrected chi connectivity index (χ2v) is 10.1. The molecule has 0 bridgehead atoms. The van der Waals surface area contributed by atoms with E-state index in [0.717, 1.165) is 11.1 Å². The molecule has 1 aromatic heterocycles. The van der Waals surface area contributed by atoms with Crippen molar-refractivity contribution < 1.29 is 23.9 Å². The lowest BCUT2D eigenvalue weighted by Crippen LogP contribution is -2.40. The van der Waals surface area contributed by atoms with Crippen LogP contribution in [0.25, 0.3) is 10.9 Å². The van der Waals surface area contributed by atoms with Crippen molar-refractivity contribution in [3.8, 4) is 0 Å². The lowest BCUT2D eigenvalue weighted by Gasteiger charge is -2.28. The van der Waals surface area contributed by atoms with Gasteiger partial charge < -0.3 is 19.5 Å². The number of ketones is 1. The van der Waals surface area contributed by atoms with Crippen molar-refractivity contribution in [2.24, 2.45) is 0 Å². The van der Waals surface area contributed by atoms with Gasteiger partial charge in [-0.15, -0.1) is 0 Å². The summed E-state index contributed by atoms with van der Waals surface area (Å²) >= 11 is 0. The summed E-state index contributed by atoms with van der Waals surface area (Å²) in [6.45, 7) is 4.61. The van der Waals surface area contributed by atoms with Crippen molar-refractivity contribution >= 4 is 40.2 Å². The number of hydrogen-bond acceptors (Lipinski definition) is 5. The number of nitrogens with one attached hydrogen (secondary N) is 1. The molecule has 210 valence electrons. The van der Waals surface area contributed by atoms with Crippen molar-refractivity contribution in [1.29, 1.82) is 0 Å². The highest BCUT2D eigenvalue weighted by atomic mass is 16.5. The first-order chi connectivity index (χ1) is 19.9. The minimum atomic E-state index is -0.656. The summed E-state index contributed by atoms with van der Waals surface area (Å²) in [6, 6.07) is 22.6. The summed E-state index contributed by atoms with van der Waals surface area (Å²) < 4.78 is 6.74. The molecule has 0 aliphatic carbocycles. The average molecular weight is 552 g/mol. The van der Waals surface area contributed by atoms with E-state index in [9.17, 15) is 19.2 Å². The maximum Gasteiger partial charge on any atom is 0.325 e. The van der Waals surface area contributed by atoms with Gasteiger partial charge in [0.2, 0.25) is 5.91 Å². The topological polar surface area (TPSA) is 97.7 Å². The van der Waals surface area contributed by atoms with E-state index < -0.39 is 17.7 Å². The number of esters is 1. The highest BCUT2D eigenvalue weighted by Crippen LogP contribution is 2.29. The molecule has 1 atom stereocenters. The molecular weight excluding hydrogens is 518 g/mol. The third-order valence-electron chi connectivity index (χ3n) is 7.54. The number of benzene rings is 3. The van der Waals surface area contributed by atoms with Gasteiger partial charge in [-0.1, -0.05) is 61.5 Å². The lowest BCUT2D eigenvalue weighted by atomic mass is 9.95. The summed E-state index contributed by atoms with van der Waals surface area (Å²) in [5.74, 6) is -2.21. The fraction of sp³-hybridized carbons (Fsp3) is 0.273. The van der Waals surface area contributed by atoms with Gasteiger partial charge in [-0.25, -0.2) is 0 Å². The van der Waals surface area contributed by atoms with E-state index in [0.29, 0.717) is 42.5 Å².